The molecule has 644 valence electrons. The Kier molecular flexibility index (Phi) is 78.2. The second-order valence-corrected chi connectivity index (χ2v) is 34.2. The number of carbonyl (C=O) groups excluding carboxylic acids is 4. The molecule has 0 aliphatic carbocycles. The molecule has 0 aromatic heterocycles. The molecule has 0 amide bonds. The van der Waals surface area contributed by atoms with Gasteiger partial charge in [-0.15, -0.1) is 0 Å². The summed E-state index contributed by atoms with van der Waals surface area (Å²) in [6, 6.07) is 6.28. The summed E-state index contributed by atoms with van der Waals surface area (Å²) in [5.74, 6) is -3.09. The number of allylic oxidation sites excluding steroid dienone is 8. The van der Waals surface area contributed by atoms with E-state index in [0.717, 1.165) is 101 Å². The van der Waals surface area contributed by atoms with Crippen molar-refractivity contribution < 1.29 is 64.1 Å². The van der Waals surface area contributed by atoms with Crippen molar-refractivity contribution in [3.63, 3.8) is 0 Å². The van der Waals surface area contributed by atoms with E-state index in [1.54, 1.807) is 0 Å². The van der Waals surface area contributed by atoms with Crippen molar-refractivity contribution in [2.75, 3.05) is 26.4 Å². The topological polar surface area (TPSA) is 220 Å². The standard InChI is InChI=1S/2C48H82O7S.Ca/c2*1-3-5-7-9-11-13-15-17-19-21-23-25-27-29-31-33-35-37-41-54-47(49)45-40-39-44(56(51,52)53)43-46(45)48(50)55-42-38-36-34-32-30-28-26-24-22-20-18-16-14-12-10-8-6-4-2;/h2*13-16,39-40,43H,3-12,17-38,41-42H2,1-2H3,(H,51,52,53);/q;;+2/p-2/b2*15-13+,16-14+;. The zero-order valence-corrected chi connectivity index (χ0v) is 76.2. The Morgan fingerprint density at radius 1 is 0.239 bits per heavy atom. The Hall–Kier alpha value is -3.64. The fraction of sp³-hybridized carbons (Fsp3) is 0.750. The summed E-state index contributed by atoms with van der Waals surface area (Å²) < 4.78 is 91.7. The summed E-state index contributed by atoms with van der Waals surface area (Å²) in [5.41, 5.74) is -0.676. The van der Waals surface area contributed by atoms with Crippen LogP contribution in [0.4, 0.5) is 0 Å². The summed E-state index contributed by atoms with van der Waals surface area (Å²) in [7, 11) is -9.64. The first kappa shape index (κ1) is 109. The molecule has 0 saturated carbocycles. The molecule has 0 atom stereocenters. The molecular weight excluding hydrogens is 1480 g/mol. The summed E-state index contributed by atoms with van der Waals surface area (Å²) in [6.07, 6.45) is 95.7. The smallest absolute Gasteiger partial charge is 0.744 e. The van der Waals surface area contributed by atoms with E-state index in [0.29, 0.717) is 25.7 Å². The van der Waals surface area contributed by atoms with Crippen LogP contribution in [0.1, 0.15) is 480 Å². The molecule has 14 nitrogen and oxygen atoms in total. The molecule has 0 spiro atoms. The number of hydrogen-bond donors (Lipinski definition) is 0. The third-order valence-electron chi connectivity index (χ3n) is 21.0. The van der Waals surface area contributed by atoms with Crippen LogP contribution in [0.15, 0.2) is 94.8 Å². The minimum Gasteiger partial charge on any atom is -0.744 e. The van der Waals surface area contributed by atoms with E-state index in [1.165, 1.54) is 320 Å². The quantitative estimate of drug-likeness (QED) is 0.0150. The molecule has 0 radical (unpaired) electrons. The molecule has 0 heterocycles. The van der Waals surface area contributed by atoms with Crippen LogP contribution in [0.2, 0.25) is 0 Å². The predicted octanol–water partition coefficient (Wildman–Crippen LogP) is 28.7. The monoisotopic (exact) mass is 1640 g/mol. The van der Waals surface area contributed by atoms with E-state index in [1.807, 2.05) is 0 Å². The molecule has 17 heteroatoms. The van der Waals surface area contributed by atoms with Crippen LogP contribution in [0, 0.1) is 0 Å². The first-order valence-electron chi connectivity index (χ1n) is 46.1. The molecule has 2 aromatic rings. The van der Waals surface area contributed by atoms with Gasteiger partial charge in [0.05, 0.1) is 58.5 Å². The molecule has 0 aliphatic heterocycles. The minimum absolute atomic E-state index is 0. The van der Waals surface area contributed by atoms with E-state index in [4.69, 9.17) is 18.9 Å². The van der Waals surface area contributed by atoms with Crippen LogP contribution in [-0.2, 0) is 39.2 Å². The second-order valence-electron chi connectivity index (χ2n) is 31.4. The Bertz CT molecular complexity index is 2740. The van der Waals surface area contributed by atoms with E-state index in [-0.39, 0.29) is 86.4 Å². The third-order valence-corrected chi connectivity index (χ3v) is 22.7. The fourth-order valence-corrected chi connectivity index (χ4v) is 14.8. The van der Waals surface area contributed by atoms with Crippen molar-refractivity contribution in [3.8, 4) is 0 Å². The average molecular weight is 1640 g/mol. The Balaban J connectivity index is 0.00000220. The zero-order chi connectivity index (χ0) is 81.6. The van der Waals surface area contributed by atoms with E-state index < -0.39 is 53.9 Å². The summed E-state index contributed by atoms with van der Waals surface area (Å²) in [4.78, 5) is 50.5. The number of ether oxygens (including phenoxy) is 4. The maximum atomic E-state index is 12.9. The van der Waals surface area contributed by atoms with Crippen LogP contribution >= 0.6 is 0 Å². The Morgan fingerprint density at radius 2 is 0.389 bits per heavy atom. The summed E-state index contributed by atoms with van der Waals surface area (Å²) in [5, 5.41) is 0. The number of unbranched alkanes of at least 4 members (excludes halogenated alkanes) is 56. The molecule has 0 fully saturated rings. The van der Waals surface area contributed by atoms with Crippen molar-refractivity contribution in [1.82, 2.24) is 0 Å². The molecule has 0 N–H and O–H groups in total. The maximum absolute atomic E-state index is 12.9. The van der Waals surface area contributed by atoms with Gasteiger partial charge >= 0.3 is 61.6 Å². The zero-order valence-electron chi connectivity index (χ0n) is 72.4. The maximum Gasteiger partial charge on any atom is 2.00 e. The van der Waals surface area contributed by atoms with Crippen molar-refractivity contribution in [2.24, 2.45) is 0 Å². The number of rotatable bonds is 78. The molecule has 0 saturated heterocycles. The third kappa shape index (κ3) is 67.9. The van der Waals surface area contributed by atoms with Gasteiger partial charge < -0.3 is 28.1 Å². The van der Waals surface area contributed by atoms with Gasteiger partial charge in [-0.25, -0.2) is 36.0 Å². The molecule has 113 heavy (non-hydrogen) atoms. The van der Waals surface area contributed by atoms with Gasteiger partial charge in [-0.2, -0.15) is 0 Å². The largest absolute Gasteiger partial charge is 2.00 e. The van der Waals surface area contributed by atoms with Gasteiger partial charge in [-0.05, 0) is 165 Å². The molecule has 0 bridgehead atoms. The number of esters is 4. The molecule has 0 aliphatic rings. The van der Waals surface area contributed by atoms with Gasteiger partial charge in [0.1, 0.15) is 20.2 Å². The first-order chi connectivity index (χ1) is 54.6. The summed E-state index contributed by atoms with van der Waals surface area (Å²) >= 11 is 0. The van der Waals surface area contributed by atoms with Gasteiger partial charge in [-0.3, -0.25) is 0 Å². The normalized spacial score (nSPS) is 11.8. The second kappa shape index (κ2) is 80.8. The van der Waals surface area contributed by atoms with E-state index in [2.05, 4.69) is 76.3 Å². The Labute approximate surface area is 722 Å². The van der Waals surface area contributed by atoms with Crippen LogP contribution in [-0.4, -0.2) is 114 Å². The van der Waals surface area contributed by atoms with Gasteiger partial charge in [-0.1, -0.05) is 359 Å². The van der Waals surface area contributed by atoms with Gasteiger partial charge in [0.25, 0.3) is 0 Å². The number of hydrogen-bond acceptors (Lipinski definition) is 14. The van der Waals surface area contributed by atoms with Crippen molar-refractivity contribution in [2.45, 2.75) is 448 Å². The fourth-order valence-electron chi connectivity index (χ4n) is 13.8. The van der Waals surface area contributed by atoms with Crippen LogP contribution < -0.4 is 0 Å². The van der Waals surface area contributed by atoms with Gasteiger partial charge in [0.2, 0.25) is 0 Å². The Morgan fingerprint density at radius 3 is 0.558 bits per heavy atom. The van der Waals surface area contributed by atoms with Gasteiger partial charge in [0, 0.05) is 0 Å². The molecule has 0 unspecified atom stereocenters. The summed E-state index contributed by atoms with van der Waals surface area (Å²) in [6.45, 7) is 9.73. The number of benzene rings is 2. The molecule has 2 rings (SSSR count). The number of carbonyl (C=O) groups is 4. The SMILES string of the molecule is CCCCCC/C=C/CCCCCCCCCCCCOC(=O)c1ccc(S(=O)(=O)[O-])cc1C(=O)OCCCCCCCCCCCC/C=C/CCCCCC.CCCCCC/C=C/CCCCCCCCCCCCOC(=O)c1ccc(S(=O)(=O)[O-])cc1C(=O)OCCCCCCCCCCCC/C=C/CCCCCC.[Ca+2]. The minimum atomic E-state index is -4.82. The predicted molar refractivity (Wildman–Crippen MR) is 470 cm³/mol. The van der Waals surface area contributed by atoms with Crippen molar-refractivity contribution in [3.05, 3.63) is 107 Å². The van der Waals surface area contributed by atoms with Crippen molar-refractivity contribution in [1.29, 1.82) is 0 Å². The van der Waals surface area contributed by atoms with E-state index in [9.17, 15) is 45.1 Å². The van der Waals surface area contributed by atoms with Crippen LogP contribution in [0.5, 0.6) is 0 Å². The molecule has 2 aromatic carbocycles. The average Bonchev–Trinajstić information content (AvgIpc) is 0.814. The van der Waals surface area contributed by atoms with Crippen LogP contribution in [0.3, 0.4) is 0 Å². The van der Waals surface area contributed by atoms with Crippen molar-refractivity contribution >= 4 is 81.9 Å². The van der Waals surface area contributed by atoms with E-state index >= 15 is 0 Å². The molecular formula is C96H162CaO14S2. The first-order valence-corrected chi connectivity index (χ1v) is 48.9. The van der Waals surface area contributed by atoms with Gasteiger partial charge in [0.15, 0.2) is 0 Å². The van der Waals surface area contributed by atoms with Crippen LogP contribution in [0.25, 0.3) is 0 Å².